The molecule has 0 aromatic heterocycles. The first-order valence-electron chi connectivity index (χ1n) is 5.33. The molecule has 0 aliphatic heterocycles. The maximum Gasteiger partial charge on any atom is 0.150 e. The molecule has 0 saturated heterocycles. The number of nitriles is 1. The summed E-state index contributed by atoms with van der Waals surface area (Å²) in [5.74, 6) is 1.13. The van der Waals surface area contributed by atoms with E-state index in [0.717, 1.165) is 5.56 Å². The molecule has 2 rings (SSSR count). The van der Waals surface area contributed by atoms with Gasteiger partial charge in [-0.2, -0.15) is 5.26 Å². The number of anilines is 1. The summed E-state index contributed by atoms with van der Waals surface area (Å²) < 4.78 is 5.65. The summed E-state index contributed by atoms with van der Waals surface area (Å²) in [5.41, 5.74) is 7.74. The molecule has 2 aromatic carbocycles. The van der Waals surface area contributed by atoms with Gasteiger partial charge in [-0.15, -0.1) is 0 Å². The van der Waals surface area contributed by atoms with Crippen LogP contribution in [-0.2, 0) is 0 Å². The molecule has 0 spiro atoms. The number of aryl methyl sites for hydroxylation is 1. The number of nitrogens with two attached hydrogens (primary N) is 1. The predicted molar refractivity (Wildman–Crippen MR) is 71.8 cm³/mol. The molecule has 90 valence electrons. The highest BCUT2D eigenvalue weighted by molar-refractivity contribution is 6.30. The highest BCUT2D eigenvalue weighted by Crippen LogP contribution is 2.30. The first-order chi connectivity index (χ1) is 8.58. The lowest BCUT2D eigenvalue weighted by Gasteiger charge is -2.09. The molecule has 0 atom stereocenters. The largest absolute Gasteiger partial charge is 0.455 e. The predicted octanol–water partition coefficient (Wildman–Crippen LogP) is 3.89. The number of halogens is 1. The molecule has 4 heteroatoms. The van der Waals surface area contributed by atoms with Crippen LogP contribution >= 0.6 is 11.6 Å². The normalized spacial score (nSPS) is 9.83. The van der Waals surface area contributed by atoms with Gasteiger partial charge >= 0.3 is 0 Å². The van der Waals surface area contributed by atoms with Crippen LogP contribution in [0.25, 0.3) is 0 Å². The fraction of sp³-hybridized carbons (Fsp3) is 0.0714. The van der Waals surface area contributed by atoms with E-state index in [1.54, 1.807) is 24.3 Å². The van der Waals surface area contributed by atoms with Gasteiger partial charge in [-0.05, 0) is 48.9 Å². The van der Waals surface area contributed by atoms with Crippen molar-refractivity contribution in [1.82, 2.24) is 0 Å². The molecule has 0 aliphatic carbocycles. The Hall–Kier alpha value is -2.18. The Balaban J connectivity index is 2.31. The van der Waals surface area contributed by atoms with E-state index in [9.17, 15) is 0 Å². The van der Waals surface area contributed by atoms with Crippen molar-refractivity contribution in [3.8, 4) is 17.6 Å². The number of nitrogens with zero attached hydrogens (tertiary/aromatic N) is 1. The summed E-state index contributed by atoms with van der Waals surface area (Å²) in [6.07, 6.45) is 0. The van der Waals surface area contributed by atoms with E-state index in [4.69, 9.17) is 27.3 Å². The molecule has 2 aromatic rings. The van der Waals surface area contributed by atoms with Crippen molar-refractivity contribution >= 4 is 17.3 Å². The van der Waals surface area contributed by atoms with Crippen LogP contribution in [0.15, 0.2) is 36.4 Å². The Morgan fingerprint density at radius 3 is 2.61 bits per heavy atom. The van der Waals surface area contributed by atoms with E-state index in [0.29, 0.717) is 27.8 Å². The Bertz CT molecular complexity index is 612. The number of hydrogen-bond acceptors (Lipinski definition) is 3. The molecule has 18 heavy (non-hydrogen) atoms. The lowest BCUT2D eigenvalue weighted by atomic mass is 10.2. The molecule has 0 amide bonds. The fourth-order valence-electron chi connectivity index (χ4n) is 1.60. The summed E-state index contributed by atoms with van der Waals surface area (Å²) in [6.45, 7) is 1.93. The zero-order valence-corrected chi connectivity index (χ0v) is 10.5. The van der Waals surface area contributed by atoms with Crippen molar-refractivity contribution in [3.05, 3.63) is 52.5 Å². The Labute approximate surface area is 110 Å². The van der Waals surface area contributed by atoms with Gasteiger partial charge in [-0.3, -0.25) is 0 Å². The van der Waals surface area contributed by atoms with Crippen LogP contribution in [0.4, 0.5) is 5.69 Å². The van der Waals surface area contributed by atoms with E-state index in [2.05, 4.69) is 0 Å². The Morgan fingerprint density at radius 2 is 2.00 bits per heavy atom. The molecule has 0 bridgehead atoms. The van der Waals surface area contributed by atoms with E-state index in [1.807, 2.05) is 25.1 Å². The highest BCUT2D eigenvalue weighted by Gasteiger charge is 2.05. The summed E-state index contributed by atoms with van der Waals surface area (Å²) in [4.78, 5) is 0. The number of rotatable bonds is 2. The minimum atomic E-state index is 0.423. The minimum absolute atomic E-state index is 0.423. The molecular weight excluding hydrogens is 248 g/mol. The number of benzene rings is 2. The lowest BCUT2D eigenvalue weighted by Crippen LogP contribution is -1.93. The maximum atomic E-state index is 8.75. The Kier molecular flexibility index (Phi) is 3.40. The van der Waals surface area contributed by atoms with E-state index in [1.165, 1.54) is 0 Å². The van der Waals surface area contributed by atoms with Crippen LogP contribution < -0.4 is 10.5 Å². The third kappa shape index (κ3) is 2.73. The van der Waals surface area contributed by atoms with Gasteiger partial charge in [-0.1, -0.05) is 11.6 Å². The zero-order valence-electron chi connectivity index (χ0n) is 9.77. The van der Waals surface area contributed by atoms with Gasteiger partial charge in [0.2, 0.25) is 0 Å². The maximum absolute atomic E-state index is 8.75. The molecule has 0 aliphatic rings. The second kappa shape index (κ2) is 4.99. The van der Waals surface area contributed by atoms with Gasteiger partial charge in [-0.25, -0.2) is 0 Å². The number of ether oxygens (including phenoxy) is 1. The van der Waals surface area contributed by atoms with Crippen LogP contribution in [0, 0.1) is 18.3 Å². The SMILES string of the molecule is Cc1cc(Cl)cc(Oc2ccc(C#N)cc2N)c1. The topological polar surface area (TPSA) is 59.0 Å². The number of hydrogen-bond donors (Lipinski definition) is 1. The highest BCUT2D eigenvalue weighted by atomic mass is 35.5. The van der Waals surface area contributed by atoms with Crippen molar-refractivity contribution in [2.24, 2.45) is 0 Å². The van der Waals surface area contributed by atoms with Crippen LogP contribution in [0.1, 0.15) is 11.1 Å². The van der Waals surface area contributed by atoms with Crippen LogP contribution in [0.5, 0.6) is 11.5 Å². The monoisotopic (exact) mass is 258 g/mol. The van der Waals surface area contributed by atoms with Crippen molar-refractivity contribution in [1.29, 1.82) is 5.26 Å². The van der Waals surface area contributed by atoms with E-state index >= 15 is 0 Å². The average molecular weight is 259 g/mol. The third-order valence-electron chi connectivity index (χ3n) is 2.38. The number of nitrogen functional groups attached to an aromatic ring is 1. The molecule has 0 heterocycles. The molecular formula is C14H11ClN2O. The van der Waals surface area contributed by atoms with Gasteiger partial charge < -0.3 is 10.5 Å². The van der Waals surface area contributed by atoms with Crippen molar-refractivity contribution < 1.29 is 4.74 Å². The quantitative estimate of drug-likeness (QED) is 0.831. The Morgan fingerprint density at radius 1 is 1.22 bits per heavy atom. The van der Waals surface area contributed by atoms with Gasteiger partial charge in [0.1, 0.15) is 11.5 Å². The fourth-order valence-corrected chi connectivity index (χ4v) is 1.88. The van der Waals surface area contributed by atoms with Crippen LogP contribution in [-0.4, -0.2) is 0 Å². The first-order valence-corrected chi connectivity index (χ1v) is 5.71. The molecule has 3 nitrogen and oxygen atoms in total. The molecule has 2 N–H and O–H groups in total. The lowest BCUT2D eigenvalue weighted by molar-refractivity contribution is 0.484. The summed E-state index contributed by atoms with van der Waals surface area (Å²) >= 11 is 5.95. The van der Waals surface area contributed by atoms with Crippen molar-refractivity contribution in [2.45, 2.75) is 6.92 Å². The van der Waals surface area contributed by atoms with E-state index in [-0.39, 0.29) is 0 Å². The van der Waals surface area contributed by atoms with Gasteiger partial charge in [0.05, 0.1) is 17.3 Å². The first kappa shape index (κ1) is 12.3. The zero-order chi connectivity index (χ0) is 13.1. The summed E-state index contributed by atoms with van der Waals surface area (Å²) in [6, 6.07) is 12.3. The van der Waals surface area contributed by atoms with Crippen LogP contribution in [0.2, 0.25) is 5.02 Å². The molecule has 0 saturated carbocycles. The standard InChI is InChI=1S/C14H11ClN2O/c1-9-4-11(15)7-12(5-9)18-14-3-2-10(8-16)6-13(14)17/h2-7H,17H2,1H3. The average Bonchev–Trinajstić information content (AvgIpc) is 2.30. The second-order valence-corrected chi connectivity index (χ2v) is 4.37. The second-order valence-electron chi connectivity index (χ2n) is 3.93. The van der Waals surface area contributed by atoms with Crippen molar-refractivity contribution in [3.63, 3.8) is 0 Å². The summed E-state index contributed by atoms with van der Waals surface area (Å²) in [5, 5.41) is 9.36. The molecule has 0 radical (unpaired) electrons. The van der Waals surface area contributed by atoms with Crippen LogP contribution in [0.3, 0.4) is 0 Å². The summed E-state index contributed by atoms with van der Waals surface area (Å²) in [7, 11) is 0. The third-order valence-corrected chi connectivity index (χ3v) is 2.60. The van der Waals surface area contributed by atoms with Gasteiger partial charge in [0, 0.05) is 5.02 Å². The van der Waals surface area contributed by atoms with Gasteiger partial charge in [0.15, 0.2) is 0 Å². The molecule has 0 fully saturated rings. The minimum Gasteiger partial charge on any atom is -0.455 e. The molecule has 0 unspecified atom stereocenters. The van der Waals surface area contributed by atoms with Gasteiger partial charge in [0.25, 0.3) is 0 Å². The smallest absolute Gasteiger partial charge is 0.150 e. The van der Waals surface area contributed by atoms with Crippen molar-refractivity contribution in [2.75, 3.05) is 5.73 Å². The van der Waals surface area contributed by atoms with E-state index < -0.39 is 0 Å².